The van der Waals surface area contributed by atoms with Crippen molar-refractivity contribution in [3.63, 3.8) is 0 Å². The van der Waals surface area contributed by atoms with Gasteiger partial charge in [0, 0.05) is 0 Å². The van der Waals surface area contributed by atoms with Crippen LogP contribution in [0, 0.1) is 5.82 Å². The topological polar surface area (TPSA) is 0 Å². The molecule has 0 aromatic heterocycles. The molecule has 0 radical (unpaired) electrons. The Morgan fingerprint density at radius 1 is 1.31 bits per heavy atom. The highest BCUT2D eigenvalue weighted by atomic mass is 19.1. The number of rotatable bonds is 2. The van der Waals surface area contributed by atoms with E-state index in [9.17, 15) is 4.39 Å². The number of benzene rings is 1. The molecule has 1 heteroatoms. The Morgan fingerprint density at radius 3 is 2.46 bits per heavy atom. The summed E-state index contributed by atoms with van der Waals surface area (Å²) in [6.07, 6.45) is 2.47. The van der Waals surface area contributed by atoms with E-state index < -0.39 is 0 Å². The van der Waals surface area contributed by atoms with Crippen LogP contribution in [0.2, 0.25) is 0 Å². The Balaban J connectivity index is 2.31. The highest BCUT2D eigenvalue weighted by Gasteiger charge is 2.24. The summed E-state index contributed by atoms with van der Waals surface area (Å²) in [5, 5.41) is 0. The summed E-state index contributed by atoms with van der Waals surface area (Å²) in [6.45, 7) is 4.05. The molecule has 13 heavy (non-hydrogen) atoms. The van der Waals surface area contributed by atoms with Crippen molar-refractivity contribution in [1.29, 1.82) is 0 Å². The third kappa shape index (κ3) is 1.74. The van der Waals surface area contributed by atoms with E-state index in [1.807, 2.05) is 19.9 Å². The SMILES string of the molecule is CC(C)c1ccc(C2CC2)cc1F. The van der Waals surface area contributed by atoms with Gasteiger partial charge in [-0.2, -0.15) is 0 Å². The second-order valence-corrected chi connectivity index (χ2v) is 4.21. The Labute approximate surface area is 78.8 Å². The molecule has 0 aliphatic heterocycles. The molecule has 1 aliphatic rings. The maximum absolute atomic E-state index is 13.5. The van der Waals surface area contributed by atoms with E-state index in [-0.39, 0.29) is 11.7 Å². The molecule has 70 valence electrons. The van der Waals surface area contributed by atoms with Gasteiger partial charge in [0.25, 0.3) is 0 Å². The van der Waals surface area contributed by atoms with E-state index in [0.29, 0.717) is 5.92 Å². The van der Waals surface area contributed by atoms with Crippen LogP contribution in [0.15, 0.2) is 18.2 Å². The van der Waals surface area contributed by atoms with Crippen molar-refractivity contribution in [2.75, 3.05) is 0 Å². The van der Waals surface area contributed by atoms with Crippen LogP contribution in [-0.4, -0.2) is 0 Å². The summed E-state index contributed by atoms with van der Waals surface area (Å²) < 4.78 is 13.5. The Kier molecular flexibility index (Phi) is 2.10. The lowest BCUT2D eigenvalue weighted by molar-refractivity contribution is 0.596. The second-order valence-electron chi connectivity index (χ2n) is 4.21. The van der Waals surface area contributed by atoms with E-state index in [1.54, 1.807) is 6.07 Å². The molecule has 0 bridgehead atoms. The van der Waals surface area contributed by atoms with Gasteiger partial charge in [-0.3, -0.25) is 0 Å². The van der Waals surface area contributed by atoms with Crippen molar-refractivity contribution >= 4 is 0 Å². The van der Waals surface area contributed by atoms with Gasteiger partial charge in [-0.15, -0.1) is 0 Å². The van der Waals surface area contributed by atoms with E-state index in [0.717, 1.165) is 5.56 Å². The third-order valence-corrected chi connectivity index (χ3v) is 2.70. The van der Waals surface area contributed by atoms with Crippen molar-refractivity contribution in [2.24, 2.45) is 0 Å². The van der Waals surface area contributed by atoms with Crippen LogP contribution >= 0.6 is 0 Å². The molecule has 0 unspecified atom stereocenters. The van der Waals surface area contributed by atoms with Gasteiger partial charge in [0.05, 0.1) is 0 Å². The van der Waals surface area contributed by atoms with Crippen LogP contribution in [0.25, 0.3) is 0 Å². The maximum atomic E-state index is 13.5. The number of hydrogen-bond donors (Lipinski definition) is 0. The summed E-state index contributed by atoms with van der Waals surface area (Å²) in [5.74, 6) is 0.906. The predicted octanol–water partition coefficient (Wildman–Crippen LogP) is 3.83. The smallest absolute Gasteiger partial charge is 0.126 e. The highest BCUT2D eigenvalue weighted by molar-refractivity contribution is 5.30. The van der Waals surface area contributed by atoms with Crippen LogP contribution in [0.4, 0.5) is 4.39 Å². The predicted molar refractivity (Wildman–Crippen MR) is 52.5 cm³/mol. The fourth-order valence-corrected chi connectivity index (χ4v) is 1.68. The minimum Gasteiger partial charge on any atom is -0.207 e. The van der Waals surface area contributed by atoms with Crippen molar-refractivity contribution < 1.29 is 4.39 Å². The molecule has 2 rings (SSSR count). The van der Waals surface area contributed by atoms with Crippen LogP contribution in [-0.2, 0) is 0 Å². The first kappa shape index (κ1) is 8.74. The quantitative estimate of drug-likeness (QED) is 0.645. The van der Waals surface area contributed by atoms with Crippen LogP contribution in [0.1, 0.15) is 49.7 Å². The van der Waals surface area contributed by atoms with Gasteiger partial charge in [0.2, 0.25) is 0 Å². The molecule has 1 saturated carbocycles. The molecule has 0 nitrogen and oxygen atoms in total. The van der Waals surface area contributed by atoms with Gasteiger partial charge in [0.1, 0.15) is 5.82 Å². The van der Waals surface area contributed by atoms with Crippen LogP contribution < -0.4 is 0 Å². The third-order valence-electron chi connectivity index (χ3n) is 2.70. The first-order chi connectivity index (χ1) is 6.18. The molecule has 1 aromatic carbocycles. The van der Waals surface area contributed by atoms with Crippen molar-refractivity contribution in [1.82, 2.24) is 0 Å². The molecule has 0 saturated heterocycles. The average Bonchev–Trinajstić information content (AvgIpc) is 2.85. The van der Waals surface area contributed by atoms with Crippen molar-refractivity contribution in [3.8, 4) is 0 Å². The zero-order valence-electron chi connectivity index (χ0n) is 8.18. The Hall–Kier alpha value is -0.850. The molecule has 1 fully saturated rings. The minimum absolute atomic E-state index is 0.0283. The molecule has 1 aliphatic carbocycles. The molecular formula is C12H15F. The number of hydrogen-bond acceptors (Lipinski definition) is 0. The molecular weight excluding hydrogens is 163 g/mol. The molecule has 0 spiro atoms. The lowest BCUT2D eigenvalue weighted by Gasteiger charge is -2.08. The molecule has 1 aromatic rings. The normalized spacial score (nSPS) is 16.6. The molecule has 0 amide bonds. The lowest BCUT2D eigenvalue weighted by atomic mass is 9.99. The first-order valence-corrected chi connectivity index (χ1v) is 4.98. The van der Waals surface area contributed by atoms with Gasteiger partial charge in [-0.1, -0.05) is 26.0 Å². The summed E-state index contributed by atoms with van der Waals surface area (Å²) >= 11 is 0. The summed E-state index contributed by atoms with van der Waals surface area (Å²) in [7, 11) is 0. The zero-order valence-corrected chi connectivity index (χ0v) is 8.18. The summed E-state index contributed by atoms with van der Waals surface area (Å²) in [6, 6.07) is 5.73. The monoisotopic (exact) mass is 178 g/mol. The summed E-state index contributed by atoms with van der Waals surface area (Å²) in [5.41, 5.74) is 2.02. The summed E-state index contributed by atoms with van der Waals surface area (Å²) in [4.78, 5) is 0. The van der Waals surface area contributed by atoms with Crippen LogP contribution in [0.3, 0.4) is 0 Å². The molecule has 0 heterocycles. The Bertz CT molecular complexity index is 311. The minimum atomic E-state index is -0.0283. The van der Waals surface area contributed by atoms with Gasteiger partial charge >= 0.3 is 0 Å². The first-order valence-electron chi connectivity index (χ1n) is 4.98. The van der Waals surface area contributed by atoms with E-state index in [1.165, 1.54) is 18.4 Å². The van der Waals surface area contributed by atoms with E-state index >= 15 is 0 Å². The standard InChI is InChI=1S/C12H15F/c1-8(2)11-6-5-10(7-12(11)13)9-3-4-9/h5-9H,3-4H2,1-2H3. The average molecular weight is 178 g/mol. The fourth-order valence-electron chi connectivity index (χ4n) is 1.68. The van der Waals surface area contributed by atoms with Gasteiger partial charge in [0.15, 0.2) is 0 Å². The molecule has 0 N–H and O–H groups in total. The highest BCUT2D eigenvalue weighted by Crippen LogP contribution is 2.40. The maximum Gasteiger partial charge on any atom is 0.126 e. The van der Waals surface area contributed by atoms with E-state index in [2.05, 4.69) is 6.07 Å². The number of halogens is 1. The van der Waals surface area contributed by atoms with Crippen molar-refractivity contribution in [2.45, 2.75) is 38.5 Å². The van der Waals surface area contributed by atoms with Crippen LogP contribution in [0.5, 0.6) is 0 Å². The van der Waals surface area contributed by atoms with Crippen molar-refractivity contribution in [3.05, 3.63) is 35.1 Å². The van der Waals surface area contributed by atoms with Gasteiger partial charge in [-0.25, -0.2) is 4.39 Å². The Morgan fingerprint density at radius 2 is 2.00 bits per heavy atom. The fraction of sp³-hybridized carbons (Fsp3) is 0.500. The van der Waals surface area contributed by atoms with E-state index in [4.69, 9.17) is 0 Å². The second kappa shape index (κ2) is 3.13. The largest absolute Gasteiger partial charge is 0.207 e. The zero-order chi connectivity index (χ0) is 9.42. The molecule has 0 atom stereocenters. The van der Waals surface area contributed by atoms with Gasteiger partial charge in [-0.05, 0) is 41.9 Å². The lowest BCUT2D eigenvalue weighted by Crippen LogP contribution is -1.94. The van der Waals surface area contributed by atoms with Gasteiger partial charge < -0.3 is 0 Å².